The van der Waals surface area contributed by atoms with Crippen LogP contribution in [0.15, 0.2) is 47.8 Å². The number of benzene rings is 2. The third kappa shape index (κ3) is 5.45. The summed E-state index contributed by atoms with van der Waals surface area (Å²) in [5.41, 5.74) is 3.28. The SMILES string of the molecule is COc1ccc(-c2csc(/C=C/c3ccccc3OC(C)C)n2)cc1CC(=O)O. The normalized spacial score (nSPS) is 11.2. The Morgan fingerprint density at radius 1 is 1.17 bits per heavy atom. The second-order valence-electron chi connectivity index (χ2n) is 6.71. The van der Waals surface area contributed by atoms with Crippen molar-refractivity contribution >= 4 is 29.5 Å². The number of ether oxygens (including phenoxy) is 2. The van der Waals surface area contributed by atoms with Crippen molar-refractivity contribution in [2.45, 2.75) is 26.4 Å². The standard InChI is InChI=1S/C23H23NO4S/c1-15(2)28-21-7-5-4-6-16(21)9-11-22-24-19(14-29-22)17-8-10-20(27-3)18(12-17)13-23(25)26/h4-12,14-15H,13H2,1-3H3,(H,25,26)/b11-9+. The summed E-state index contributed by atoms with van der Waals surface area (Å²) in [6, 6.07) is 13.4. The quantitative estimate of drug-likeness (QED) is 0.539. The molecule has 0 radical (unpaired) electrons. The van der Waals surface area contributed by atoms with Gasteiger partial charge in [-0.1, -0.05) is 18.2 Å². The van der Waals surface area contributed by atoms with Crippen molar-refractivity contribution in [1.82, 2.24) is 4.98 Å². The summed E-state index contributed by atoms with van der Waals surface area (Å²) in [5, 5.41) is 11.9. The van der Waals surface area contributed by atoms with Crippen LogP contribution in [0.2, 0.25) is 0 Å². The van der Waals surface area contributed by atoms with Gasteiger partial charge in [-0.3, -0.25) is 4.79 Å². The maximum absolute atomic E-state index is 11.1. The highest BCUT2D eigenvalue weighted by Gasteiger charge is 2.11. The number of para-hydroxylation sites is 1. The van der Waals surface area contributed by atoms with E-state index in [1.54, 1.807) is 6.07 Å². The minimum Gasteiger partial charge on any atom is -0.496 e. The smallest absolute Gasteiger partial charge is 0.307 e. The third-order valence-corrected chi connectivity index (χ3v) is 4.94. The molecule has 3 rings (SSSR count). The number of carboxylic acid groups (broad SMARTS) is 1. The molecule has 0 aliphatic heterocycles. The van der Waals surface area contributed by atoms with E-state index in [-0.39, 0.29) is 12.5 Å². The lowest BCUT2D eigenvalue weighted by Gasteiger charge is -2.11. The van der Waals surface area contributed by atoms with Gasteiger partial charge in [-0.05, 0) is 50.3 Å². The van der Waals surface area contributed by atoms with E-state index in [1.165, 1.54) is 18.4 Å². The van der Waals surface area contributed by atoms with E-state index in [0.29, 0.717) is 11.3 Å². The van der Waals surface area contributed by atoms with Crippen molar-refractivity contribution in [3.8, 4) is 22.8 Å². The number of aliphatic carboxylic acids is 1. The van der Waals surface area contributed by atoms with Crippen LogP contribution in [-0.4, -0.2) is 29.3 Å². The first-order valence-corrected chi connectivity index (χ1v) is 10.1. The lowest BCUT2D eigenvalue weighted by Crippen LogP contribution is -2.06. The van der Waals surface area contributed by atoms with Crippen LogP contribution in [0.4, 0.5) is 0 Å². The Balaban J connectivity index is 1.83. The Morgan fingerprint density at radius 3 is 2.69 bits per heavy atom. The van der Waals surface area contributed by atoms with Crippen LogP contribution in [-0.2, 0) is 11.2 Å². The number of thiazole rings is 1. The number of rotatable bonds is 8. The number of hydrogen-bond acceptors (Lipinski definition) is 5. The van der Waals surface area contributed by atoms with Crippen LogP contribution in [0.25, 0.3) is 23.4 Å². The zero-order chi connectivity index (χ0) is 20.8. The Bertz CT molecular complexity index is 1020. The Morgan fingerprint density at radius 2 is 1.97 bits per heavy atom. The van der Waals surface area contributed by atoms with Crippen LogP contribution in [0.5, 0.6) is 11.5 Å². The molecule has 1 aromatic heterocycles. The fourth-order valence-corrected chi connectivity index (χ4v) is 3.60. The summed E-state index contributed by atoms with van der Waals surface area (Å²) >= 11 is 1.53. The van der Waals surface area contributed by atoms with E-state index in [4.69, 9.17) is 14.6 Å². The Labute approximate surface area is 174 Å². The molecule has 3 aromatic rings. The lowest BCUT2D eigenvalue weighted by molar-refractivity contribution is -0.136. The second-order valence-corrected chi connectivity index (χ2v) is 7.60. The molecular formula is C23H23NO4S. The summed E-state index contributed by atoms with van der Waals surface area (Å²) < 4.78 is 11.1. The van der Waals surface area contributed by atoms with E-state index >= 15 is 0 Å². The van der Waals surface area contributed by atoms with Gasteiger partial charge >= 0.3 is 5.97 Å². The van der Waals surface area contributed by atoms with Crippen molar-refractivity contribution in [3.05, 3.63) is 64.0 Å². The first-order valence-electron chi connectivity index (χ1n) is 9.24. The van der Waals surface area contributed by atoms with Gasteiger partial charge in [-0.25, -0.2) is 4.98 Å². The largest absolute Gasteiger partial charge is 0.496 e. The molecule has 0 bridgehead atoms. The number of hydrogen-bond donors (Lipinski definition) is 1. The molecule has 0 unspecified atom stereocenters. The molecule has 150 valence electrons. The fourth-order valence-electron chi connectivity index (χ4n) is 2.88. The Kier molecular flexibility index (Phi) is 6.67. The maximum atomic E-state index is 11.1. The minimum absolute atomic E-state index is 0.0967. The topological polar surface area (TPSA) is 68.7 Å². The average molecular weight is 410 g/mol. The highest BCUT2D eigenvalue weighted by Crippen LogP contribution is 2.29. The molecule has 0 saturated carbocycles. The summed E-state index contributed by atoms with van der Waals surface area (Å²) in [4.78, 5) is 15.8. The predicted octanol–water partition coefficient (Wildman–Crippen LogP) is 5.40. The van der Waals surface area contributed by atoms with E-state index < -0.39 is 5.97 Å². The van der Waals surface area contributed by atoms with E-state index in [9.17, 15) is 4.79 Å². The summed E-state index contributed by atoms with van der Waals surface area (Å²) in [6.45, 7) is 4.00. The number of methoxy groups -OCH3 is 1. The van der Waals surface area contributed by atoms with Gasteiger partial charge in [0.15, 0.2) is 0 Å². The number of carbonyl (C=O) groups is 1. The van der Waals surface area contributed by atoms with Gasteiger partial charge in [-0.15, -0.1) is 11.3 Å². The van der Waals surface area contributed by atoms with Crippen LogP contribution in [0.1, 0.15) is 30.0 Å². The molecule has 29 heavy (non-hydrogen) atoms. The molecule has 0 aliphatic rings. The van der Waals surface area contributed by atoms with E-state index in [0.717, 1.165) is 27.6 Å². The fraction of sp³-hybridized carbons (Fsp3) is 0.217. The summed E-state index contributed by atoms with van der Waals surface area (Å²) in [7, 11) is 1.53. The van der Waals surface area contributed by atoms with Gasteiger partial charge < -0.3 is 14.6 Å². The van der Waals surface area contributed by atoms with Crippen LogP contribution < -0.4 is 9.47 Å². The van der Waals surface area contributed by atoms with Gasteiger partial charge in [0.05, 0.1) is 25.3 Å². The molecule has 5 nitrogen and oxygen atoms in total. The molecule has 0 spiro atoms. The number of aromatic nitrogens is 1. The number of carboxylic acids is 1. The van der Waals surface area contributed by atoms with Gasteiger partial charge in [0, 0.05) is 22.1 Å². The zero-order valence-electron chi connectivity index (χ0n) is 16.6. The molecular weight excluding hydrogens is 386 g/mol. The molecule has 0 amide bonds. The maximum Gasteiger partial charge on any atom is 0.307 e. The van der Waals surface area contributed by atoms with Crippen molar-refractivity contribution in [2.75, 3.05) is 7.11 Å². The first kappa shape index (κ1) is 20.6. The molecule has 0 atom stereocenters. The van der Waals surface area contributed by atoms with Gasteiger partial charge in [-0.2, -0.15) is 0 Å². The predicted molar refractivity (Wildman–Crippen MR) is 117 cm³/mol. The molecule has 2 aromatic carbocycles. The molecule has 1 N–H and O–H groups in total. The highest BCUT2D eigenvalue weighted by molar-refractivity contribution is 7.10. The monoisotopic (exact) mass is 409 g/mol. The second kappa shape index (κ2) is 9.39. The van der Waals surface area contributed by atoms with Crippen molar-refractivity contribution in [3.63, 3.8) is 0 Å². The highest BCUT2D eigenvalue weighted by atomic mass is 32.1. The molecule has 0 aliphatic carbocycles. The molecule has 1 heterocycles. The summed E-state index contributed by atoms with van der Waals surface area (Å²) in [5.74, 6) is 0.502. The van der Waals surface area contributed by atoms with E-state index in [2.05, 4.69) is 4.98 Å². The van der Waals surface area contributed by atoms with Crippen molar-refractivity contribution in [1.29, 1.82) is 0 Å². The van der Waals surface area contributed by atoms with Crippen LogP contribution in [0, 0.1) is 0 Å². The Hall–Kier alpha value is -3.12. The van der Waals surface area contributed by atoms with Crippen LogP contribution in [0.3, 0.4) is 0 Å². The minimum atomic E-state index is -0.898. The van der Waals surface area contributed by atoms with Crippen molar-refractivity contribution < 1.29 is 19.4 Å². The average Bonchev–Trinajstić information content (AvgIpc) is 3.15. The van der Waals surface area contributed by atoms with Crippen molar-refractivity contribution in [2.24, 2.45) is 0 Å². The van der Waals surface area contributed by atoms with Gasteiger partial charge in [0.1, 0.15) is 16.5 Å². The molecule has 0 fully saturated rings. The first-order chi connectivity index (χ1) is 14.0. The van der Waals surface area contributed by atoms with Gasteiger partial charge in [0.2, 0.25) is 0 Å². The number of nitrogens with zero attached hydrogens (tertiary/aromatic N) is 1. The van der Waals surface area contributed by atoms with Gasteiger partial charge in [0.25, 0.3) is 0 Å². The van der Waals surface area contributed by atoms with Crippen LogP contribution >= 0.6 is 11.3 Å². The molecule has 6 heteroatoms. The third-order valence-electron chi connectivity index (χ3n) is 4.13. The molecule has 0 saturated heterocycles. The zero-order valence-corrected chi connectivity index (χ0v) is 17.4. The van der Waals surface area contributed by atoms with E-state index in [1.807, 2.05) is 67.8 Å². The summed E-state index contributed by atoms with van der Waals surface area (Å²) in [6.07, 6.45) is 3.95. The lowest BCUT2D eigenvalue weighted by atomic mass is 10.1.